The maximum atomic E-state index is 5.93. The van der Waals surface area contributed by atoms with E-state index in [9.17, 15) is 0 Å². The number of pyridine rings is 1. The standard InChI is InChI=1S/C12H14N4/c1-7-3-4-8-9(5-7)15-12(13)10-11(8)16(2)6-14-10/h3-4,6-7H,5H2,1-2H3,(H2,13,15). The molecule has 0 spiro atoms. The number of imidazole rings is 1. The fourth-order valence-electron chi connectivity index (χ4n) is 2.29. The maximum Gasteiger partial charge on any atom is 0.151 e. The molecule has 0 saturated carbocycles. The Kier molecular flexibility index (Phi) is 1.80. The van der Waals surface area contributed by atoms with E-state index in [0.29, 0.717) is 11.7 Å². The Hall–Kier alpha value is -1.84. The third-order valence-electron chi connectivity index (χ3n) is 3.11. The molecule has 16 heavy (non-hydrogen) atoms. The second kappa shape index (κ2) is 3.07. The quantitative estimate of drug-likeness (QED) is 0.727. The van der Waals surface area contributed by atoms with E-state index in [0.717, 1.165) is 23.1 Å². The predicted molar refractivity (Wildman–Crippen MR) is 64.8 cm³/mol. The number of rotatable bonds is 0. The first-order valence-corrected chi connectivity index (χ1v) is 5.44. The largest absolute Gasteiger partial charge is 0.382 e. The van der Waals surface area contributed by atoms with E-state index in [1.807, 2.05) is 11.6 Å². The highest BCUT2D eigenvalue weighted by Crippen LogP contribution is 2.30. The number of nitrogens with two attached hydrogens (primary N) is 1. The van der Waals surface area contributed by atoms with Crippen molar-refractivity contribution >= 4 is 22.9 Å². The summed E-state index contributed by atoms with van der Waals surface area (Å²) in [6.45, 7) is 2.19. The number of hydrogen-bond donors (Lipinski definition) is 1. The van der Waals surface area contributed by atoms with Crippen LogP contribution in [0.2, 0.25) is 0 Å². The first kappa shape index (κ1) is 9.39. The van der Waals surface area contributed by atoms with Crippen molar-refractivity contribution in [1.82, 2.24) is 14.5 Å². The van der Waals surface area contributed by atoms with Gasteiger partial charge >= 0.3 is 0 Å². The summed E-state index contributed by atoms with van der Waals surface area (Å²) in [6.07, 6.45) is 7.10. The topological polar surface area (TPSA) is 56.7 Å². The summed E-state index contributed by atoms with van der Waals surface area (Å²) >= 11 is 0. The Morgan fingerprint density at radius 1 is 1.50 bits per heavy atom. The number of fused-ring (bicyclic) bond motifs is 3. The lowest BCUT2D eigenvalue weighted by atomic mass is 9.94. The third kappa shape index (κ3) is 1.16. The van der Waals surface area contributed by atoms with E-state index in [1.54, 1.807) is 6.33 Å². The van der Waals surface area contributed by atoms with Crippen molar-refractivity contribution in [3.8, 4) is 0 Å². The fraction of sp³-hybridized carbons (Fsp3) is 0.333. The second-order valence-electron chi connectivity index (χ2n) is 4.45. The van der Waals surface area contributed by atoms with Crippen LogP contribution in [-0.2, 0) is 13.5 Å². The van der Waals surface area contributed by atoms with Crippen molar-refractivity contribution in [3.63, 3.8) is 0 Å². The van der Waals surface area contributed by atoms with Crippen LogP contribution in [0.15, 0.2) is 12.4 Å². The molecule has 2 aromatic rings. The Morgan fingerprint density at radius 2 is 2.31 bits per heavy atom. The molecule has 0 fully saturated rings. The van der Waals surface area contributed by atoms with Crippen molar-refractivity contribution in [2.45, 2.75) is 13.3 Å². The molecule has 1 aliphatic carbocycles. The fourth-order valence-corrected chi connectivity index (χ4v) is 2.29. The minimum Gasteiger partial charge on any atom is -0.382 e. The van der Waals surface area contributed by atoms with Gasteiger partial charge in [0.15, 0.2) is 5.82 Å². The molecule has 1 aliphatic rings. The molecule has 1 unspecified atom stereocenters. The molecule has 0 aromatic carbocycles. The van der Waals surface area contributed by atoms with Gasteiger partial charge in [-0.3, -0.25) is 0 Å². The zero-order valence-corrected chi connectivity index (χ0v) is 9.44. The zero-order valence-electron chi connectivity index (χ0n) is 9.44. The molecule has 0 bridgehead atoms. The molecule has 4 nitrogen and oxygen atoms in total. The van der Waals surface area contributed by atoms with Crippen LogP contribution in [0.5, 0.6) is 0 Å². The van der Waals surface area contributed by atoms with E-state index in [1.165, 1.54) is 5.56 Å². The van der Waals surface area contributed by atoms with Crippen molar-refractivity contribution in [3.05, 3.63) is 23.7 Å². The van der Waals surface area contributed by atoms with Gasteiger partial charge < -0.3 is 10.3 Å². The molecule has 2 heterocycles. The van der Waals surface area contributed by atoms with Crippen molar-refractivity contribution in [2.75, 3.05) is 5.73 Å². The van der Waals surface area contributed by atoms with E-state index >= 15 is 0 Å². The minimum absolute atomic E-state index is 0.532. The number of allylic oxidation sites excluding steroid dienone is 1. The highest BCUT2D eigenvalue weighted by Gasteiger charge is 2.18. The van der Waals surface area contributed by atoms with Gasteiger partial charge in [0.25, 0.3) is 0 Å². The van der Waals surface area contributed by atoms with Gasteiger partial charge in [-0.15, -0.1) is 0 Å². The molecular weight excluding hydrogens is 200 g/mol. The Bertz CT molecular complexity index is 595. The number of nitrogen functional groups attached to an aromatic ring is 1. The van der Waals surface area contributed by atoms with E-state index in [-0.39, 0.29) is 0 Å². The Balaban J connectivity index is 2.41. The molecule has 82 valence electrons. The summed E-state index contributed by atoms with van der Waals surface area (Å²) < 4.78 is 2.01. The number of hydrogen-bond acceptors (Lipinski definition) is 3. The monoisotopic (exact) mass is 214 g/mol. The Morgan fingerprint density at radius 3 is 3.12 bits per heavy atom. The first-order valence-electron chi connectivity index (χ1n) is 5.44. The lowest BCUT2D eigenvalue weighted by Gasteiger charge is -2.16. The number of aromatic nitrogens is 3. The summed E-state index contributed by atoms with van der Waals surface area (Å²) in [5, 5.41) is 0. The second-order valence-corrected chi connectivity index (χ2v) is 4.45. The number of aryl methyl sites for hydroxylation is 1. The molecule has 4 heteroatoms. The van der Waals surface area contributed by atoms with E-state index in [4.69, 9.17) is 5.73 Å². The zero-order chi connectivity index (χ0) is 11.3. The van der Waals surface area contributed by atoms with Gasteiger partial charge in [0.2, 0.25) is 0 Å². The molecule has 0 aliphatic heterocycles. The van der Waals surface area contributed by atoms with Crippen LogP contribution < -0.4 is 5.73 Å². The van der Waals surface area contributed by atoms with E-state index < -0.39 is 0 Å². The van der Waals surface area contributed by atoms with Crippen LogP contribution >= 0.6 is 0 Å². The van der Waals surface area contributed by atoms with Gasteiger partial charge in [-0.1, -0.05) is 19.1 Å². The highest BCUT2D eigenvalue weighted by atomic mass is 15.0. The normalized spacial score (nSPS) is 19.0. The van der Waals surface area contributed by atoms with Gasteiger partial charge in [0.1, 0.15) is 5.52 Å². The molecule has 2 aromatic heterocycles. The highest BCUT2D eigenvalue weighted by molar-refractivity contribution is 5.92. The lowest BCUT2D eigenvalue weighted by molar-refractivity contribution is 0.701. The molecule has 0 radical (unpaired) electrons. The van der Waals surface area contributed by atoms with E-state index in [2.05, 4.69) is 29.0 Å². The summed E-state index contributed by atoms with van der Waals surface area (Å²) in [5.74, 6) is 1.07. The summed E-state index contributed by atoms with van der Waals surface area (Å²) in [7, 11) is 1.99. The molecule has 2 N–H and O–H groups in total. The van der Waals surface area contributed by atoms with Crippen molar-refractivity contribution in [2.24, 2.45) is 13.0 Å². The third-order valence-corrected chi connectivity index (χ3v) is 3.11. The molecule has 0 amide bonds. The Labute approximate surface area is 93.8 Å². The molecule has 1 atom stereocenters. The average Bonchev–Trinajstić information content (AvgIpc) is 2.61. The maximum absolute atomic E-state index is 5.93. The molecular formula is C12H14N4. The summed E-state index contributed by atoms with van der Waals surface area (Å²) in [4.78, 5) is 8.74. The van der Waals surface area contributed by atoms with Gasteiger partial charge in [0.05, 0.1) is 17.5 Å². The van der Waals surface area contributed by atoms with Crippen LogP contribution in [0.25, 0.3) is 17.1 Å². The first-order chi connectivity index (χ1) is 7.66. The molecule has 0 saturated heterocycles. The lowest BCUT2D eigenvalue weighted by Crippen LogP contribution is -2.09. The van der Waals surface area contributed by atoms with Crippen molar-refractivity contribution < 1.29 is 0 Å². The van der Waals surface area contributed by atoms with Crippen LogP contribution in [0.4, 0.5) is 5.82 Å². The minimum atomic E-state index is 0.532. The van der Waals surface area contributed by atoms with Gasteiger partial charge in [-0.2, -0.15) is 0 Å². The average molecular weight is 214 g/mol. The number of anilines is 1. The van der Waals surface area contributed by atoms with Crippen LogP contribution in [0.3, 0.4) is 0 Å². The predicted octanol–water partition coefficient (Wildman–Crippen LogP) is 1.76. The number of nitrogens with zero attached hydrogens (tertiary/aromatic N) is 3. The van der Waals surface area contributed by atoms with Gasteiger partial charge in [-0.25, -0.2) is 9.97 Å². The summed E-state index contributed by atoms with van der Waals surface area (Å²) in [5.41, 5.74) is 10.1. The summed E-state index contributed by atoms with van der Waals surface area (Å²) in [6, 6.07) is 0. The van der Waals surface area contributed by atoms with Crippen LogP contribution in [-0.4, -0.2) is 14.5 Å². The molecule has 3 rings (SSSR count). The van der Waals surface area contributed by atoms with Crippen LogP contribution in [0, 0.1) is 5.92 Å². The SMILES string of the molecule is CC1C=Cc2c(nc(N)c3ncn(C)c23)C1. The smallest absolute Gasteiger partial charge is 0.151 e. The van der Waals surface area contributed by atoms with Gasteiger partial charge in [0, 0.05) is 12.6 Å². The van der Waals surface area contributed by atoms with Gasteiger partial charge in [-0.05, 0) is 12.3 Å². The van der Waals surface area contributed by atoms with Crippen LogP contribution in [0.1, 0.15) is 18.2 Å². The van der Waals surface area contributed by atoms with Crippen molar-refractivity contribution in [1.29, 1.82) is 0 Å².